The summed E-state index contributed by atoms with van der Waals surface area (Å²) in [5, 5.41) is 2.62. The number of hydrogen-bond donors (Lipinski definition) is 1. The van der Waals surface area contributed by atoms with Crippen molar-refractivity contribution in [3.8, 4) is 5.75 Å². The second kappa shape index (κ2) is 5.25. The maximum absolute atomic E-state index is 13.7. The van der Waals surface area contributed by atoms with Gasteiger partial charge in [-0.15, -0.1) is 0 Å². The van der Waals surface area contributed by atoms with Crippen molar-refractivity contribution in [2.24, 2.45) is 0 Å². The van der Waals surface area contributed by atoms with Crippen LogP contribution in [0.25, 0.3) is 0 Å². The fraction of sp³-hybridized carbons (Fsp3) is 0.133. The molecule has 0 fully saturated rings. The standard InChI is InChI=1S/C15H11BrFNO2/c16-11-5-3-6-12(17)14(11)18-15(19)10-8-20-13-7-2-1-4-9(10)13/h1-7,10H,8H2,(H,18,19)/t10-/m1/s1. The van der Waals surface area contributed by atoms with Crippen molar-refractivity contribution in [1.82, 2.24) is 0 Å². The summed E-state index contributed by atoms with van der Waals surface area (Å²) in [4.78, 5) is 12.3. The zero-order valence-electron chi connectivity index (χ0n) is 10.4. The Morgan fingerprint density at radius 3 is 2.85 bits per heavy atom. The van der Waals surface area contributed by atoms with E-state index in [1.54, 1.807) is 12.1 Å². The number of halogens is 2. The summed E-state index contributed by atoms with van der Waals surface area (Å²) >= 11 is 3.23. The molecule has 2 aromatic rings. The molecule has 0 aliphatic carbocycles. The van der Waals surface area contributed by atoms with Gasteiger partial charge in [0.2, 0.25) is 5.91 Å². The minimum Gasteiger partial charge on any atom is -0.492 e. The number of anilines is 1. The van der Waals surface area contributed by atoms with Crippen LogP contribution in [-0.2, 0) is 4.79 Å². The Morgan fingerprint density at radius 2 is 2.05 bits per heavy atom. The number of amides is 1. The van der Waals surface area contributed by atoms with Crippen molar-refractivity contribution < 1.29 is 13.9 Å². The molecule has 2 aromatic carbocycles. The molecule has 1 amide bonds. The first kappa shape index (κ1) is 13.1. The van der Waals surface area contributed by atoms with Gasteiger partial charge in [0.15, 0.2) is 0 Å². The molecular formula is C15H11BrFNO2. The van der Waals surface area contributed by atoms with Gasteiger partial charge in [0.25, 0.3) is 0 Å². The van der Waals surface area contributed by atoms with E-state index >= 15 is 0 Å². The smallest absolute Gasteiger partial charge is 0.235 e. The number of rotatable bonds is 2. The Balaban J connectivity index is 1.85. The van der Waals surface area contributed by atoms with Crippen LogP contribution in [0, 0.1) is 5.82 Å². The summed E-state index contributed by atoms with van der Waals surface area (Å²) < 4.78 is 19.7. The average Bonchev–Trinajstić information content (AvgIpc) is 2.87. The summed E-state index contributed by atoms with van der Waals surface area (Å²) in [6, 6.07) is 11.9. The first-order valence-corrected chi connectivity index (χ1v) is 6.92. The molecule has 1 aliphatic rings. The Kier molecular flexibility index (Phi) is 3.44. The number of hydrogen-bond acceptors (Lipinski definition) is 2. The molecule has 1 heterocycles. The first-order chi connectivity index (χ1) is 9.66. The summed E-state index contributed by atoms with van der Waals surface area (Å²) in [7, 11) is 0. The van der Waals surface area contributed by atoms with Crippen LogP contribution in [-0.4, -0.2) is 12.5 Å². The molecule has 20 heavy (non-hydrogen) atoms. The van der Waals surface area contributed by atoms with Gasteiger partial charge in [-0.05, 0) is 34.1 Å². The van der Waals surface area contributed by atoms with Gasteiger partial charge in [0.05, 0.1) is 5.69 Å². The minimum absolute atomic E-state index is 0.155. The van der Waals surface area contributed by atoms with Crippen LogP contribution in [0.5, 0.6) is 5.75 Å². The van der Waals surface area contributed by atoms with E-state index in [0.717, 1.165) is 5.56 Å². The maximum Gasteiger partial charge on any atom is 0.235 e. The van der Waals surface area contributed by atoms with E-state index in [-0.39, 0.29) is 18.2 Å². The topological polar surface area (TPSA) is 38.3 Å². The largest absolute Gasteiger partial charge is 0.492 e. The molecule has 0 radical (unpaired) electrons. The lowest BCUT2D eigenvalue weighted by Gasteiger charge is -2.12. The summed E-state index contributed by atoms with van der Waals surface area (Å²) in [6.07, 6.45) is 0. The van der Waals surface area contributed by atoms with Crippen molar-refractivity contribution >= 4 is 27.5 Å². The van der Waals surface area contributed by atoms with Gasteiger partial charge in [-0.25, -0.2) is 4.39 Å². The molecule has 1 atom stereocenters. The van der Waals surface area contributed by atoms with Crippen LogP contribution in [0.4, 0.5) is 10.1 Å². The lowest BCUT2D eigenvalue weighted by Crippen LogP contribution is -2.23. The predicted octanol–water partition coefficient (Wildman–Crippen LogP) is 3.70. The summed E-state index contributed by atoms with van der Waals surface area (Å²) in [6.45, 7) is 0.275. The summed E-state index contributed by atoms with van der Waals surface area (Å²) in [5.74, 6) is -0.460. The molecule has 0 aromatic heterocycles. The van der Waals surface area contributed by atoms with Crippen LogP contribution in [0.2, 0.25) is 0 Å². The third-order valence-electron chi connectivity index (χ3n) is 3.23. The molecule has 0 bridgehead atoms. The highest BCUT2D eigenvalue weighted by Gasteiger charge is 2.30. The zero-order chi connectivity index (χ0) is 14.1. The van der Waals surface area contributed by atoms with Crippen molar-refractivity contribution in [1.29, 1.82) is 0 Å². The number of nitrogens with one attached hydrogen (secondary N) is 1. The highest BCUT2D eigenvalue weighted by atomic mass is 79.9. The monoisotopic (exact) mass is 335 g/mol. The normalized spacial score (nSPS) is 16.4. The number of carbonyl (C=O) groups is 1. The van der Waals surface area contributed by atoms with Gasteiger partial charge in [0.1, 0.15) is 24.1 Å². The van der Waals surface area contributed by atoms with Gasteiger partial charge in [0, 0.05) is 10.0 Å². The molecule has 3 nitrogen and oxygen atoms in total. The molecule has 0 spiro atoms. The quantitative estimate of drug-likeness (QED) is 0.908. The van der Waals surface area contributed by atoms with E-state index in [4.69, 9.17) is 4.74 Å². The van der Waals surface area contributed by atoms with E-state index in [0.29, 0.717) is 10.2 Å². The van der Waals surface area contributed by atoms with Crippen LogP contribution < -0.4 is 10.1 Å². The lowest BCUT2D eigenvalue weighted by molar-refractivity contribution is -0.117. The molecule has 5 heteroatoms. The van der Waals surface area contributed by atoms with E-state index in [9.17, 15) is 9.18 Å². The fourth-order valence-corrected chi connectivity index (χ4v) is 2.65. The molecule has 102 valence electrons. The minimum atomic E-state index is -0.472. The molecule has 0 unspecified atom stereocenters. The number of benzene rings is 2. The van der Waals surface area contributed by atoms with E-state index < -0.39 is 11.7 Å². The van der Waals surface area contributed by atoms with Gasteiger partial charge >= 0.3 is 0 Å². The Morgan fingerprint density at radius 1 is 1.25 bits per heavy atom. The lowest BCUT2D eigenvalue weighted by atomic mass is 10.0. The van der Waals surface area contributed by atoms with Crippen LogP contribution >= 0.6 is 15.9 Å². The number of para-hydroxylation sites is 2. The molecule has 1 aliphatic heterocycles. The van der Waals surface area contributed by atoms with Crippen molar-refractivity contribution in [3.05, 3.63) is 58.3 Å². The van der Waals surface area contributed by atoms with E-state index in [2.05, 4.69) is 21.2 Å². The fourth-order valence-electron chi connectivity index (χ4n) is 2.21. The second-order valence-electron chi connectivity index (χ2n) is 4.49. The molecule has 0 saturated carbocycles. The number of fused-ring (bicyclic) bond motifs is 1. The number of ether oxygens (including phenoxy) is 1. The van der Waals surface area contributed by atoms with E-state index in [1.807, 2.05) is 24.3 Å². The van der Waals surface area contributed by atoms with Gasteiger partial charge < -0.3 is 10.1 Å². The zero-order valence-corrected chi connectivity index (χ0v) is 12.0. The van der Waals surface area contributed by atoms with Crippen molar-refractivity contribution in [2.45, 2.75) is 5.92 Å². The van der Waals surface area contributed by atoms with Crippen molar-refractivity contribution in [2.75, 3.05) is 11.9 Å². The van der Waals surface area contributed by atoms with Gasteiger partial charge in [-0.3, -0.25) is 4.79 Å². The van der Waals surface area contributed by atoms with Crippen LogP contribution in [0.3, 0.4) is 0 Å². The Hall–Kier alpha value is -1.88. The third-order valence-corrected chi connectivity index (χ3v) is 3.89. The molecular weight excluding hydrogens is 325 g/mol. The maximum atomic E-state index is 13.7. The van der Waals surface area contributed by atoms with Gasteiger partial charge in [-0.2, -0.15) is 0 Å². The SMILES string of the molecule is O=C(Nc1c(F)cccc1Br)[C@@H]1COc2ccccc21. The molecule has 1 N–H and O–H groups in total. The molecule has 0 saturated heterocycles. The Labute approximate surface area is 123 Å². The first-order valence-electron chi connectivity index (χ1n) is 6.13. The predicted molar refractivity (Wildman–Crippen MR) is 77.4 cm³/mol. The van der Waals surface area contributed by atoms with Crippen LogP contribution in [0.1, 0.15) is 11.5 Å². The highest BCUT2D eigenvalue weighted by molar-refractivity contribution is 9.10. The summed E-state index contributed by atoms with van der Waals surface area (Å²) in [5.41, 5.74) is 0.986. The van der Waals surface area contributed by atoms with Gasteiger partial charge in [-0.1, -0.05) is 24.3 Å². The Bertz CT molecular complexity index is 654. The second-order valence-corrected chi connectivity index (χ2v) is 5.34. The number of carbonyl (C=O) groups excluding carboxylic acids is 1. The van der Waals surface area contributed by atoms with E-state index in [1.165, 1.54) is 6.07 Å². The third kappa shape index (κ3) is 2.29. The highest BCUT2D eigenvalue weighted by Crippen LogP contribution is 2.35. The van der Waals surface area contributed by atoms with Crippen LogP contribution in [0.15, 0.2) is 46.9 Å². The molecule has 3 rings (SSSR count). The average molecular weight is 336 g/mol. The van der Waals surface area contributed by atoms with Crippen molar-refractivity contribution in [3.63, 3.8) is 0 Å².